The number of nitrogens with one attached hydrogen (secondary N) is 1. The van der Waals surface area contributed by atoms with E-state index in [9.17, 15) is 4.79 Å². The second kappa shape index (κ2) is 8.45. The molecule has 2 unspecified atom stereocenters. The fourth-order valence-electron chi connectivity index (χ4n) is 2.76. The normalized spacial score (nSPS) is 25.1. The third kappa shape index (κ3) is 4.55. The van der Waals surface area contributed by atoms with Gasteiger partial charge in [-0.1, -0.05) is 13.3 Å². The highest BCUT2D eigenvalue weighted by molar-refractivity contribution is 5.78. The SMILES string of the molecule is CCC1CCCN(CC(=O)NCCOC)C1CN. The van der Waals surface area contributed by atoms with Crippen LogP contribution in [0.1, 0.15) is 26.2 Å². The van der Waals surface area contributed by atoms with Crippen molar-refractivity contribution in [3.05, 3.63) is 0 Å². The summed E-state index contributed by atoms with van der Waals surface area (Å²) in [6, 6.07) is 0.358. The Morgan fingerprint density at radius 2 is 2.33 bits per heavy atom. The Morgan fingerprint density at radius 3 is 2.94 bits per heavy atom. The van der Waals surface area contributed by atoms with E-state index in [-0.39, 0.29) is 5.91 Å². The quantitative estimate of drug-likeness (QED) is 0.639. The van der Waals surface area contributed by atoms with Gasteiger partial charge in [-0.2, -0.15) is 0 Å². The summed E-state index contributed by atoms with van der Waals surface area (Å²) in [5, 5.41) is 2.86. The highest BCUT2D eigenvalue weighted by atomic mass is 16.5. The largest absolute Gasteiger partial charge is 0.383 e. The summed E-state index contributed by atoms with van der Waals surface area (Å²) >= 11 is 0. The summed E-state index contributed by atoms with van der Waals surface area (Å²) in [6.07, 6.45) is 3.55. The molecule has 3 N–H and O–H groups in total. The van der Waals surface area contributed by atoms with Crippen molar-refractivity contribution in [1.82, 2.24) is 10.2 Å². The molecule has 0 aliphatic carbocycles. The number of hydrogen-bond donors (Lipinski definition) is 2. The molecule has 1 aliphatic rings. The van der Waals surface area contributed by atoms with E-state index in [0.717, 1.165) is 13.0 Å². The zero-order valence-electron chi connectivity index (χ0n) is 11.7. The number of nitrogens with zero attached hydrogens (tertiary/aromatic N) is 1. The molecular weight excluding hydrogens is 230 g/mol. The van der Waals surface area contributed by atoms with Crippen molar-refractivity contribution in [3.8, 4) is 0 Å². The third-order valence-corrected chi connectivity index (χ3v) is 3.77. The Bertz CT molecular complexity index is 248. The number of carbonyl (C=O) groups is 1. The summed E-state index contributed by atoms with van der Waals surface area (Å²) in [4.78, 5) is 14.0. The molecule has 106 valence electrons. The molecule has 18 heavy (non-hydrogen) atoms. The first-order valence-corrected chi connectivity index (χ1v) is 6.92. The van der Waals surface area contributed by atoms with Crippen molar-refractivity contribution in [2.45, 2.75) is 32.2 Å². The van der Waals surface area contributed by atoms with Gasteiger partial charge in [-0.25, -0.2) is 0 Å². The topological polar surface area (TPSA) is 67.6 Å². The molecule has 1 rings (SSSR count). The number of ether oxygens (including phenoxy) is 1. The van der Waals surface area contributed by atoms with Crippen LogP contribution < -0.4 is 11.1 Å². The van der Waals surface area contributed by atoms with Gasteiger partial charge in [0.15, 0.2) is 0 Å². The average Bonchev–Trinajstić information content (AvgIpc) is 2.38. The van der Waals surface area contributed by atoms with E-state index >= 15 is 0 Å². The average molecular weight is 257 g/mol. The molecule has 5 heteroatoms. The minimum Gasteiger partial charge on any atom is -0.383 e. The number of methoxy groups -OCH3 is 1. The molecule has 1 fully saturated rings. The summed E-state index contributed by atoms with van der Waals surface area (Å²) in [5.41, 5.74) is 5.86. The first-order chi connectivity index (χ1) is 8.72. The lowest BCUT2D eigenvalue weighted by Crippen LogP contribution is -2.52. The van der Waals surface area contributed by atoms with Gasteiger partial charge in [0.1, 0.15) is 0 Å². The number of amides is 1. The molecule has 2 atom stereocenters. The van der Waals surface area contributed by atoms with E-state index in [2.05, 4.69) is 17.1 Å². The van der Waals surface area contributed by atoms with E-state index in [1.807, 2.05) is 0 Å². The van der Waals surface area contributed by atoms with Gasteiger partial charge in [-0.05, 0) is 25.3 Å². The standard InChI is InChI=1S/C13H27N3O2/c1-3-11-5-4-7-16(12(11)9-14)10-13(17)15-6-8-18-2/h11-12H,3-10,14H2,1-2H3,(H,15,17). The monoisotopic (exact) mass is 257 g/mol. The van der Waals surface area contributed by atoms with Crippen molar-refractivity contribution in [2.75, 3.05) is 39.9 Å². The zero-order chi connectivity index (χ0) is 13.4. The Kier molecular flexibility index (Phi) is 7.23. The van der Waals surface area contributed by atoms with Gasteiger partial charge in [-0.3, -0.25) is 9.69 Å². The summed E-state index contributed by atoms with van der Waals surface area (Å²) < 4.78 is 4.91. The maximum Gasteiger partial charge on any atom is 0.234 e. The smallest absolute Gasteiger partial charge is 0.234 e. The number of nitrogens with two attached hydrogens (primary N) is 1. The molecule has 5 nitrogen and oxygen atoms in total. The molecule has 0 aromatic carbocycles. The maximum atomic E-state index is 11.8. The predicted molar refractivity (Wildman–Crippen MR) is 72.3 cm³/mol. The highest BCUT2D eigenvalue weighted by Gasteiger charge is 2.30. The van der Waals surface area contributed by atoms with Crippen LogP contribution in [0.4, 0.5) is 0 Å². The number of hydrogen-bond acceptors (Lipinski definition) is 4. The van der Waals surface area contributed by atoms with E-state index in [0.29, 0.717) is 38.2 Å². The molecule has 0 aromatic rings. The van der Waals surface area contributed by atoms with Crippen LogP contribution in [0.25, 0.3) is 0 Å². The highest BCUT2D eigenvalue weighted by Crippen LogP contribution is 2.25. The molecule has 0 radical (unpaired) electrons. The van der Waals surface area contributed by atoms with Crippen molar-refractivity contribution < 1.29 is 9.53 Å². The van der Waals surface area contributed by atoms with Gasteiger partial charge in [0, 0.05) is 26.2 Å². The van der Waals surface area contributed by atoms with E-state index < -0.39 is 0 Å². The predicted octanol–water partition coefficient (Wildman–Crippen LogP) is 0.198. The Labute approximate surface area is 110 Å². The minimum atomic E-state index is 0.0715. The number of carbonyl (C=O) groups excluding carboxylic acids is 1. The van der Waals surface area contributed by atoms with Crippen LogP contribution in [0, 0.1) is 5.92 Å². The van der Waals surface area contributed by atoms with Crippen molar-refractivity contribution >= 4 is 5.91 Å². The van der Waals surface area contributed by atoms with E-state index in [1.165, 1.54) is 12.8 Å². The molecule has 1 saturated heterocycles. The molecule has 0 aromatic heterocycles. The van der Waals surface area contributed by atoms with Gasteiger partial charge in [0.2, 0.25) is 5.91 Å². The van der Waals surface area contributed by atoms with E-state index in [4.69, 9.17) is 10.5 Å². The van der Waals surface area contributed by atoms with Crippen LogP contribution in [0.5, 0.6) is 0 Å². The van der Waals surface area contributed by atoms with Crippen LogP contribution in [-0.2, 0) is 9.53 Å². The lowest BCUT2D eigenvalue weighted by molar-refractivity contribution is -0.123. The second-order valence-corrected chi connectivity index (χ2v) is 4.93. The molecule has 1 heterocycles. The summed E-state index contributed by atoms with van der Waals surface area (Å²) in [6.45, 7) is 5.43. The number of likely N-dealkylation sites (tertiary alicyclic amines) is 1. The van der Waals surface area contributed by atoms with Gasteiger partial charge in [0.05, 0.1) is 13.2 Å². The number of rotatable bonds is 7. The van der Waals surface area contributed by atoms with Crippen molar-refractivity contribution in [1.29, 1.82) is 0 Å². The first-order valence-electron chi connectivity index (χ1n) is 6.92. The van der Waals surface area contributed by atoms with Gasteiger partial charge in [-0.15, -0.1) is 0 Å². The fourth-order valence-corrected chi connectivity index (χ4v) is 2.76. The molecule has 0 spiro atoms. The Hall–Kier alpha value is -0.650. The molecular formula is C13H27N3O2. The first kappa shape index (κ1) is 15.4. The molecule has 1 aliphatic heterocycles. The van der Waals surface area contributed by atoms with Crippen LogP contribution in [0.3, 0.4) is 0 Å². The maximum absolute atomic E-state index is 11.8. The lowest BCUT2D eigenvalue weighted by atomic mass is 9.87. The molecule has 0 saturated carbocycles. The second-order valence-electron chi connectivity index (χ2n) is 4.93. The summed E-state index contributed by atoms with van der Waals surface area (Å²) in [7, 11) is 1.63. The van der Waals surface area contributed by atoms with Gasteiger partial charge < -0.3 is 15.8 Å². The summed E-state index contributed by atoms with van der Waals surface area (Å²) in [5.74, 6) is 0.706. The van der Waals surface area contributed by atoms with Crippen LogP contribution in [0.2, 0.25) is 0 Å². The third-order valence-electron chi connectivity index (χ3n) is 3.77. The van der Waals surface area contributed by atoms with Gasteiger partial charge >= 0.3 is 0 Å². The van der Waals surface area contributed by atoms with E-state index in [1.54, 1.807) is 7.11 Å². The Morgan fingerprint density at radius 1 is 1.56 bits per heavy atom. The lowest BCUT2D eigenvalue weighted by Gasteiger charge is -2.40. The zero-order valence-corrected chi connectivity index (χ0v) is 11.7. The molecule has 1 amide bonds. The van der Waals surface area contributed by atoms with Crippen LogP contribution in [0.15, 0.2) is 0 Å². The molecule has 0 bridgehead atoms. The van der Waals surface area contributed by atoms with Crippen LogP contribution >= 0.6 is 0 Å². The van der Waals surface area contributed by atoms with Crippen LogP contribution in [-0.4, -0.2) is 56.7 Å². The minimum absolute atomic E-state index is 0.0715. The van der Waals surface area contributed by atoms with Crippen molar-refractivity contribution in [2.24, 2.45) is 11.7 Å². The number of piperidine rings is 1. The van der Waals surface area contributed by atoms with Crippen molar-refractivity contribution in [3.63, 3.8) is 0 Å². The fraction of sp³-hybridized carbons (Fsp3) is 0.923. The van der Waals surface area contributed by atoms with Gasteiger partial charge in [0.25, 0.3) is 0 Å². The Balaban J connectivity index is 2.40.